The molecule has 1 N–H and O–H groups in total. The zero-order valence-corrected chi connectivity index (χ0v) is 20.5. The summed E-state index contributed by atoms with van der Waals surface area (Å²) in [5.41, 5.74) is 2.04. The molecule has 0 aliphatic rings. The minimum Gasteiger partial charge on any atom is -0.493 e. The van der Waals surface area contributed by atoms with Crippen LogP contribution in [0, 0.1) is 14.9 Å². The second kappa shape index (κ2) is 11.2. The Balaban J connectivity index is 1.81. The van der Waals surface area contributed by atoms with Crippen LogP contribution in [0.4, 0.5) is 5.69 Å². The molecule has 0 bridgehead atoms. The Morgan fingerprint density at radius 1 is 1.12 bits per heavy atom. The van der Waals surface area contributed by atoms with E-state index in [1.807, 2.05) is 30.3 Å². The zero-order chi connectivity index (χ0) is 23.1. The van der Waals surface area contributed by atoms with E-state index in [0.29, 0.717) is 39.4 Å². The molecule has 1 amide bonds. The first kappa shape index (κ1) is 23.9. The molecule has 5 nitrogen and oxygen atoms in total. The van der Waals surface area contributed by atoms with Gasteiger partial charge in [0.1, 0.15) is 18.2 Å². The van der Waals surface area contributed by atoms with Crippen molar-refractivity contribution in [3.63, 3.8) is 0 Å². The molecule has 0 heterocycles. The number of anilines is 1. The van der Waals surface area contributed by atoms with Gasteiger partial charge in [-0.3, -0.25) is 4.79 Å². The summed E-state index contributed by atoms with van der Waals surface area (Å²) in [5.74, 6) is 0.528. The number of nitrogens with zero attached hydrogens (tertiary/aromatic N) is 1. The van der Waals surface area contributed by atoms with Gasteiger partial charge in [-0.15, -0.1) is 0 Å². The van der Waals surface area contributed by atoms with Crippen LogP contribution in [0.5, 0.6) is 11.5 Å². The van der Waals surface area contributed by atoms with Crippen LogP contribution < -0.4 is 14.8 Å². The van der Waals surface area contributed by atoms with Crippen LogP contribution in [0.2, 0.25) is 10.0 Å². The fourth-order valence-electron chi connectivity index (χ4n) is 2.79. The van der Waals surface area contributed by atoms with Crippen LogP contribution in [0.1, 0.15) is 11.1 Å². The van der Waals surface area contributed by atoms with Gasteiger partial charge < -0.3 is 14.8 Å². The molecule has 8 heteroatoms. The van der Waals surface area contributed by atoms with Crippen LogP contribution in [0.15, 0.2) is 66.2 Å². The summed E-state index contributed by atoms with van der Waals surface area (Å²) in [7, 11) is 1.53. The topological polar surface area (TPSA) is 71.3 Å². The highest BCUT2D eigenvalue weighted by Gasteiger charge is 2.14. The average Bonchev–Trinajstić information content (AvgIpc) is 2.77. The lowest BCUT2D eigenvalue weighted by atomic mass is 10.1. The van der Waals surface area contributed by atoms with Gasteiger partial charge in [0.2, 0.25) is 0 Å². The predicted octanol–water partition coefficient (Wildman–Crippen LogP) is 6.73. The Morgan fingerprint density at radius 3 is 2.53 bits per heavy atom. The monoisotopic (exact) mass is 578 g/mol. The molecule has 0 spiro atoms. The number of rotatable bonds is 7. The van der Waals surface area contributed by atoms with E-state index in [1.165, 1.54) is 13.2 Å². The van der Waals surface area contributed by atoms with Crippen molar-refractivity contribution in [2.45, 2.75) is 6.61 Å². The van der Waals surface area contributed by atoms with Crippen LogP contribution in [-0.2, 0) is 11.4 Å². The Morgan fingerprint density at radius 2 is 1.88 bits per heavy atom. The molecule has 0 radical (unpaired) electrons. The van der Waals surface area contributed by atoms with E-state index < -0.39 is 5.91 Å². The minimum absolute atomic E-state index is 0.0506. The second-order valence-electron chi connectivity index (χ2n) is 6.58. The van der Waals surface area contributed by atoms with Gasteiger partial charge in [-0.2, -0.15) is 5.26 Å². The molecule has 0 fully saturated rings. The maximum atomic E-state index is 12.5. The predicted molar refractivity (Wildman–Crippen MR) is 135 cm³/mol. The van der Waals surface area contributed by atoms with Crippen LogP contribution in [0.25, 0.3) is 6.08 Å². The Bertz CT molecular complexity index is 1200. The van der Waals surface area contributed by atoms with Crippen molar-refractivity contribution in [1.29, 1.82) is 5.26 Å². The van der Waals surface area contributed by atoms with Gasteiger partial charge >= 0.3 is 0 Å². The molecule has 0 unspecified atom stereocenters. The summed E-state index contributed by atoms with van der Waals surface area (Å²) < 4.78 is 12.2. The van der Waals surface area contributed by atoms with Crippen molar-refractivity contribution in [1.82, 2.24) is 0 Å². The van der Waals surface area contributed by atoms with E-state index in [4.69, 9.17) is 32.7 Å². The molecule has 3 rings (SSSR count). The lowest BCUT2D eigenvalue weighted by molar-refractivity contribution is -0.112. The number of methoxy groups -OCH3 is 1. The summed E-state index contributed by atoms with van der Waals surface area (Å²) in [4.78, 5) is 12.5. The lowest BCUT2D eigenvalue weighted by Gasteiger charge is -2.14. The van der Waals surface area contributed by atoms with Gasteiger partial charge in [-0.1, -0.05) is 35.3 Å². The van der Waals surface area contributed by atoms with E-state index in [-0.39, 0.29) is 5.57 Å². The van der Waals surface area contributed by atoms with Crippen LogP contribution >= 0.6 is 45.8 Å². The molecule has 162 valence electrons. The SMILES string of the molecule is COc1cc(/C=C(\C#N)C(=O)Nc2ccc(Cl)cc2)cc(I)c1OCc1cccc(Cl)c1. The number of hydrogen-bond acceptors (Lipinski definition) is 4. The maximum Gasteiger partial charge on any atom is 0.266 e. The Kier molecular flexibility index (Phi) is 8.39. The molecule has 3 aromatic carbocycles. The Labute approximate surface area is 209 Å². The summed E-state index contributed by atoms with van der Waals surface area (Å²) >= 11 is 14.0. The van der Waals surface area contributed by atoms with E-state index in [0.717, 1.165) is 9.13 Å². The van der Waals surface area contributed by atoms with Gasteiger partial charge in [0, 0.05) is 15.7 Å². The van der Waals surface area contributed by atoms with E-state index in [1.54, 1.807) is 36.4 Å². The van der Waals surface area contributed by atoms with Crippen molar-refractivity contribution in [3.8, 4) is 17.6 Å². The smallest absolute Gasteiger partial charge is 0.266 e. The molecule has 0 atom stereocenters. The number of amides is 1. The maximum absolute atomic E-state index is 12.5. The van der Waals surface area contributed by atoms with Gasteiger partial charge in [0.15, 0.2) is 11.5 Å². The van der Waals surface area contributed by atoms with Gasteiger partial charge in [0.05, 0.1) is 10.7 Å². The van der Waals surface area contributed by atoms with Gasteiger partial charge in [-0.25, -0.2) is 0 Å². The molecular formula is C24H17Cl2IN2O3. The fourth-order valence-corrected chi connectivity index (χ4v) is 3.91. The van der Waals surface area contributed by atoms with Gasteiger partial charge in [0.25, 0.3) is 5.91 Å². The van der Waals surface area contributed by atoms with Crippen molar-refractivity contribution in [2.75, 3.05) is 12.4 Å². The molecule has 0 aliphatic heterocycles. The molecule has 0 saturated heterocycles. The van der Waals surface area contributed by atoms with Crippen molar-refractivity contribution in [3.05, 3.63) is 91.0 Å². The van der Waals surface area contributed by atoms with Gasteiger partial charge in [-0.05, 0) is 88.3 Å². The molecule has 0 saturated carbocycles. The summed E-state index contributed by atoms with van der Waals surface area (Å²) in [6, 6.07) is 19.5. The summed E-state index contributed by atoms with van der Waals surface area (Å²) in [6.07, 6.45) is 1.50. The second-order valence-corrected chi connectivity index (χ2v) is 8.62. The normalized spacial score (nSPS) is 10.9. The lowest BCUT2D eigenvalue weighted by Crippen LogP contribution is -2.13. The van der Waals surface area contributed by atoms with Crippen molar-refractivity contribution < 1.29 is 14.3 Å². The molecule has 32 heavy (non-hydrogen) atoms. The molecular weight excluding hydrogens is 562 g/mol. The third-order valence-corrected chi connectivity index (χ3v) is 5.59. The van der Waals surface area contributed by atoms with Crippen molar-refractivity contribution >= 4 is 63.5 Å². The summed E-state index contributed by atoms with van der Waals surface area (Å²) in [5, 5.41) is 13.4. The molecule has 3 aromatic rings. The fraction of sp³-hybridized carbons (Fsp3) is 0.0833. The third-order valence-electron chi connectivity index (χ3n) is 4.30. The highest BCUT2D eigenvalue weighted by Crippen LogP contribution is 2.35. The number of carbonyl (C=O) groups is 1. The number of nitriles is 1. The van der Waals surface area contributed by atoms with Crippen molar-refractivity contribution in [2.24, 2.45) is 0 Å². The van der Waals surface area contributed by atoms with Crippen LogP contribution in [0.3, 0.4) is 0 Å². The quantitative estimate of drug-likeness (QED) is 0.192. The zero-order valence-electron chi connectivity index (χ0n) is 16.9. The minimum atomic E-state index is -0.523. The third kappa shape index (κ3) is 6.39. The summed E-state index contributed by atoms with van der Waals surface area (Å²) in [6.45, 7) is 0.315. The number of benzene rings is 3. The first-order valence-electron chi connectivity index (χ1n) is 9.33. The Hall–Kier alpha value is -2.73. The number of ether oxygens (including phenoxy) is 2. The first-order chi connectivity index (χ1) is 15.4. The number of nitrogens with one attached hydrogen (secondary N) is 1. The standard InChI is InChI=1S/C24H17Cl2IN2O3/c1-31-22-12-16(9-17(13-28)24(30)29-20-7-5-18(25)6-8-20)11-21(27)23(22)32-14-15-3-2-4-19(26)10-15/h2-12H,14H2,1H3,(H,29,30)/b17-9+. The number of halogens is 3. The number of hydrogen-bond donors (Lipinski definition) is 1. The largest absolute Gasteiger partial charge is 0.493 e. The van der Waals surface area contributed by atoms with E-state index in [2.05, 4.69) is 27.9 Å². The first-order valence-corrected chi connectivity index (χ1v) is 11.2. The highest BCUT2D eigenvalue weighted by atomic mass is 127. The van der Waals surface area contributed by atoms with E-state index >= 15 is 0 Å². The molecule has 0 aromatic heterocycles. The number of carbonyl (C=O) groups excluding carboxylic acids is 1. The van der Waals surface area contributed by atoms with Crippen LogP contribution in [-0.4, -0.2) is 13.0 Å². The average molecular weight is 579 g/mol. The molecule has 0 aliphatic carbocycles. The highest BCUT2D eigenvalue weighted by molar-refractivity contribution is 14.1. The van der Waals surface area contributed by atoms with E-state index in [9.17, 15) is 10.1 Å².